The van der Waals surface area contributed by atoms with Gasteiger partial charge in [-0.1, -0.05) is 18.2 Å². The molecule has 0 saturated carbocycles. The maximum atomic E-state index is 12.2. The number of rotatable bonds is 5. The Bertz CT molecular complexity index is 690. The van der Waals surface area contributed by atoms with Gasteiger partial charge in [0.05, 0.1) is 6.04 Å². The first kappa shape index (κ1) is 15.8. The number of fused-ring (bicyclic) bond motifs is 1. The van der Waals surface area contributed by atoms with Crippen molar-refractivity contribution in [2.75, 3.05) is 0 Å². The second kappa shape index (κ2) is 6.99. The number of nitrogens with one attached hydrogen (secondary N) is 1. The molecule has 0 fully saturated rings. The fraction of sp³-hybridized carbons (Fsp3) is 0.474. The van der Waals surface area contributed by atoms with Crippen LogP contribution in [-0.4, -0.2) is 15.5 Å². The summed E-state index contributed by atoms with van der Waals surface area (Å²) < 4.78 is 2.00. The van der Waals surface area contributed by atoms with Crippen LogP contribution < -0.4 is 5.32 Å². The van der Waals surface area contributed by atoms with Gasteiger partial charge in [-0.25, -0.2) is 4.98 Å². The number of aryl methyl sites for hydroxylation is 4. The van der Waals surface area contributed by atoms with Crippen LogP contribution in [0.15, 0.2) is 30.6 Å². The lowest BCUT2D eigenvalue weighted by molar-refractivity contribution is -0.121. The van der Waals surface area contributed by atoms with Crippen molar-refractivity contribution in [2.24, 2.45) is 0 Å². The van der Waals surface area contributed by atoms with Gasteiger partial charge in [-0.2, -0.15) is 0 Å². The van der Waals surface area contributed by atoms with E-state index in [-0.39, 0.29) is 11.9 Å². The first-order chi connectivity index (χ1) is 11.1. The molecule has 0 spiro atoms. The Morgan fingerprint density at radius 3 is 2.83 bits per heavy atom. The van der Waals surface area contributed by atoms with Crippen LogP contribution in [0.25, 0.3) is 0 Å². The molecule has 1 aromatic carbocycles. The van der Waals surface area contributed by atoms with E-state index in [1.807, 2.05) is 17.7 Å². The molecular formula is C19H25N3O. The first-order valence-corrected chi connectivity index (χ1v) is 8.52. The zero-order chi connectivity index (χ0) is 16.2. The van der Waals surface area contributed by atoms with Crippen molar-refractivity contribution in [3.05, 3.63) is 53.1 Å². The van der Waals surface area contributed by atoms with E-state index in [2.05, 4.69) is 35.4 Å². The molecule has 0 saturated heterocycles. The lowest BCUT2D eigenvalue weighted by atomic mass is 9.89. The highest BCUT2D eigenvalue weighted by molar-refractivity contribution is 5.76. The Balaban J connectivity index is 1.57. The lowest BCUT2D eigenvalue weighted by Gasteiger charge is -2.20. The molecule has 1 heterocycles. The minimum Gasteiger partial charge on any atom is -0.350 e. The molecule has 2 aromatic rings. The fourth-order valence-electron chi connectivity index (χ4n) is 3.28. The Hall–Kier alpha value is -2.10. The Kier molecular flexibility index (Phi) is 4.79. The van der Waals surface area contributed by atoms with Gasteiger partial charge in [0.15, 0.2) is 0 Å². The van der Waals surface area contributed by atoms with E-state index in [1.54, 1.807) is 6.20 Å². The minimum atomic E-state index is 0.0543. The standard InChI is InChI=1S/C19H25N3O/c1-14(17-8-7-16-5-3-4-6-18(16)13-17)21-19(23)9-11-22-12-10-20-15(22)2/h7-8,10,12-14H,3-6,9,11H2,1-2H3,(H,21,23)/t14-/m1/s1. The number of benzene rings is 1. The van der Waals surface area contributed by atoms with Gasteiger partial charge < -0.3 is 9.88 Å². The third-order valence-electron chi connectivity index (χ3n) is 4.75. The number of hydrogen-bond donors (Lipinski definition) is 1. The maximum Gasteiger partial charge on any atom is 0.222 e. The number of nitrogens with zero attached hydrogens (tertiary/aromatic N) is 2. The second-order valence-electron chi connectivity index (χ2n) is 6.44. The van der Waals surface area contributed by atoms with E-state index >= 15 is 0 Å². The molecule has 1 N–H and O–H groups in total. The maximum absolute atomic E-state index is 12.2. The fourth-order valence-corrected chi connectivity index (χ4v) is 3.28. The van der Waals surface area contributed by atoms with Gasteiger partial charge in [0.2, 0.25) is 5.91 Å². The van der Waals surface area contributed by atoms with Crippen molar-refractivity contribution >= 4 is 5.91 Å². The van der Waals surface area contributed by atoms with Crippen LogP contribution in [0.1, 0.15) is 54.7 Å². The summed E-state index contributed by atoms with van der Waals surface area (Å²) >= 11 is 0. The lowest BCUT2D eigenvalue weighted by Crippen LogP contribution is -2.27. The van der Waals surface area contributed by atoms with Gasteiger partial charge in [-0.05, 0) is 56.2 Å². The molecule has 4 nitrogen and oxygen atoms in total. The summed E-state index contributed by atoms with van der Waals surface area (Å²) in [5, 5.41) is 3.11. The predicted molar refractivity (Wildman–Crippen MR) is 91.2 cm³/mol. The summed E-state index contributed by atoms with van der Waals surface area (Å²) in [6.45, 7) is 4.69. The largest absolute Gasteiger partial charge is 0.350 e. The van der Waals surface area contributed by atoms with Crippen LogP contribution in [0.5, 0.6) is 0 Å². The molecule has 23 heavy (non-hydrogen) atoms. The third kappa shape index (κ3) is 3.81. The van der Waals surface area contributed by atoms with Crippen LogP contribution in [0.2, 0.25) is 0 Å². The zero-order valence-corrected chi connectivity index (χ0v) is 14.0. The van der Waals surface area contributed by atoms with Gasteiger partial charge in [0.1, 0.15) is 5.82 Å². The third-order valence-corrected chi connectivity index (χ3v) is 4.75. The average molecular weight is 311 g/mol. The van der Waals surface area contributed by atoms with Crippen molar-refractivity contribution in [1.82, 2.24) is 14.9 Å². The number of aromatic nitrogens is 2. The molecule has 1 aliphatic rings. The summed E-state index contributed by atoms with van der Waals surface area (Å²) in [5.41, 5.74) is 4.15. The number of imidazole rings is 1. The van der Waals surface area contributed by atoms with Crippen molar-refractivity contribution in [1.29, 1.82) is 0 Å². The Labute approximate surface area is 137 Å². The SMILES string of the molecule is Cc1nccn1CCC(=O)N[C@H](C)c1ccc2c(c1)CCCC2. The van der Waals surface area contributed by atoms with Crippen LogP contribution >= 0.6 is 0 Å². The van der Waals surface area contributed by atoms with Crippen LogP contribution in [0.3, 0.4) is 0 Å². The van der Waals surface area contributed by atoms with Crippen molar-refractivity contribution in [3.8, 4) is 0 Å². The number of hydrogen-bond acceptors (Lipinski definition) is 2. The highest BCUT2D eigenvalue weighted by Crippen LogP contribution is 2.24. The number of carbonyl (C=O) groups is 1. The quantitative estimate of drug-likeness (QED) is 0.920. The van der Waals surface area contributed by atoms with Crippen molar-refractivity contribution in [2.45, 2.75) is 58.5 Å². The molecule has 122 valence electrons. The first-order valence-electron chi connectivity index (χ1n) is 8.52. The summed E-state index contributed by atoms with van der Waals surface area (Å²) in [6, 6.07) is 6.73. The predicted octanol–water partition coefficient (Wildman–Crippen LogP) is 3.34. The molecule has 0 aliphatic heterocycles. The topological polar surface area (TPSA) is 46.9 Å². The molecule has 0 radical (unpaired) electrons. The van der Waals surface area contributed by atoms with E-state index in [9.17, 15) is 4.79 Å². The van der Waals surface area contributed by atoms with Crippen LogP contribution in [-0.2, 0) is 24.2 Å². The number of amides is 1. The molecular weight excluding hydrogens is 286 g/mol. The van der Waals surface area contributed by atoms with Crippen LogP contribution in [0, 0.1) is 6.92 Å². The zero-order valence-electron chi connectivity index (χ0n) is 14.0. The highest BCUT2D eigenvalue weighted by Gasteiger charge is 2.14. The van der Waals surface area contributed by atoms with Crippen molar-refractivity contribution in [3.63, 3.8) is 0 Å². The van der Waals surface area contributed by atoms with E-state index in [4.69, 9.17) is 0 Å². The van der Waals surface area contributed by atoms with E-state index in [0.29, 0.717) is 13.0 Å². The van der Waals surface area contributed by atoms with E-state index in [1.165, 1.54) is 42.4 Å². The van der Waals surface area contributed by atoms with Gasteiger partial charge in [-0.15, -0.1) is 0 Å². The minimum absolute atomic E-state index is 0.0543. The molecule has 1 aromatic heterocycles. The molecule has 1 amide bonds. The van der Waals surface area contributed by atoms with Crippen LogP contribution in [0.4, 0.5) is 0 Å². The normalized spacial score (nSPS) is 15.0. The van der Waals surface area contributed by atoms with Gasteiger partial charge in [0.25, 0.3) is 0 Å². The average Bonchev–Trinajstić information content (AvgIpc) is 2.97. The second-order valence-corrected chi connectivity index (χ2v) is 6.44. The molecule has 0 unspecified atom stereocenters. The van der Waals surface area contributed by atoms with Gasteiger partial charge in [0, 0.05) is 25.4 Å². The number of carbonyl (C=O) groups excluding carboxylic acids is 1. The molecule has 3 rings (SSSR count). The van der Waals surface area contributed by atoms with E-state index in [0.717, 1.165) is 5.82 Å². The summed E-state index contributed by atoms with van der Waals surface area (Å²) in [4.78, 5) is 16.4. The Morgan fingerprint density at radius 1 is 1.30 bits per heavy atom. The van der Waals surface area contributed by atoms with Gasteiger partial charge >= 0.3 is 0 Å². The summed E-state index contributed by atoms with van der Waals surface area (Å²) in [5.74, 6) is 1.03. The van der Waals surface area contributed by atoms with Gasteiger partial charge in [-0.3, -0.25) is 4.79 Å². The monoisotopic (exact) mass is 311 g/mol. The summed E-state index contributed by atoms with van der Waals surface area (Å²) in [7, 11) is 0. The van der Waals surface area contributed by atoms with E-state index < -0.39 is 0 Å². The Morgan fingerprint density at radius 2 is 2.09 bits per heavy atom. The smallest absolute Gasteiger partial charge is 0.222 e. The highest BCUT2D eigenvalue weighted by atomic mass is 16.1. The van der Waals surface area contributed by atoms with Crippen molar-refractivity contribution < 1.29 is 4.79 Å². The molecule has 1 atom stereocenters. The molecule has 4 heteroatoms. The molecule has 1 aliphatic carbocycles. The molecule has 0 bridgehead atoms. The summed E-state index contributed by atoms with van der Waals surface area (Å²) in [6.07, 6.45) is 9.10.